The topological polar surface area (TPSA) is 38.7 Å². The normalized spacial score (nSPS) is 12.2. The second-order valence-electron chi connectivity index (χ2n) is 10.2. The number of nitrogens with zero attached hydrogens (tertiary/aromatic N) is 3. The van der Waals surface area contributed by atoms with Crippen LogP contribution < -0.4 is 0 Å². The van der Waals surface area contributed by atoms with E-state index in [4.69, 9.17) is 15.0 Å². The van der Waals surface area contributed by atoms with E-state index in [1.165, 1.54) is 11.1 Å². The highest BCUT2D eigenvalue weighted by Crippen LogP contribution is 2.26. The molecule has 3 aromatic rings. The van der Waals surface area contributed by atoms with Crippen molar-refractivity contribution in [2.45, 2.75) is 30.0 Å². The summed E-state index contributed by atoms with van der Waals surface area (Å²) in [5, 5.41) is 0.154. The van der Waals surface area contributed by atoms with Crippen molar-refractivity contribution in [3.05, 3.63) is 65.5 Å². The zero-order chi connectivity index (χ0) is 21.4. The molecule has 0 aliphatic rings. The molecule has 0 saturated heterocycles. The molecule has 0 spiro atoms. The summed E-state index contributed by atoms with van der Waals surface area (Å²) in [5.74, 6) is 2.54. The molecule has 2 aromatic carbocycles. The van der Waals surface area contributed by atoms with E-state index >= 15 is 0 Å². The van der Waals surface area contributed by atoms with Crippen molar-refractivity contribution in [3.8, 4) is 22.8 Å². The predicted octanol–water partition coefficient (Wildman–Crippen LogP) is -1.65. The van der Waals surface area contributed by atoms with E-state index in [0.29, 0.717) is 0 Å². The maximum atomic E-state index is 4.88. The molecule has 0 saturated carbocycles. The first kappa shape index (κ1) is 21.5. The van der Waals surface area contributed by atoms with Gasteiger partial charge in [0.05, 0.1) is 47.1 Å². The molecule has 9 heteroatoms. The highest BCUT2D eigenvalue weighted by atomic mass is 15.0. The van der Waals surface area contributed by atoms with Gasteiger partial charge in [0.1, 0.15) is 5.82 Å². The zero-order valence-corrected chi connectivity index (χ0v) is 19.0. The lowest BCUT2D eigenvalue weighted by atomic mass is 9.40. The molecule has 1 heterocycles. The highest BCUT2D eigenvalue weighted by molar-refractivity contribution is 6.59. The van der Waals surface area contributed by atoms with Gasteiger partial charge in [0.15, 0.2) is 11.6 Å². The second-order valence-corrected chi connectivity index (χ2v) is 10.2. The Labute approximate surface area is 180 Å². The summed E-state index contributed by atoms with van der Waals surface area (Å²) in [5.41, 5.74) is 4.63. The van der Waals surface area contributed by atoms with Crippen LogP contribution in [0.25, 0.3) is 22.8 Å². The van der Waals surface area contributed by atoms with Gasteiger partial charge in [0.25, 0.3) is 0 Å². The summed E-state index contributed by atoms with van der Waals surface area (Å²) in [6.07, 6.45) is 0. The van der Waals surface area contributed by atoms with Crippen LogP contribution in [0.4, 0.5) is 0 Å². The van der Waals surface area contributed by atoms with Crippen LogP contribution in [0.1, 0.15) is 36.7 Å². The average Bonchev–Trinajstić information content (AvgIpc) is 2.66. The van der Waals surface area contributed by atoms with Gasteiger partial charge in [-0.15, -0.1) is 0 Å². The number of hydrogen-bond donors (Lipinski definition) is 0. The molecule has 140 valence electrons. The molecule has 3 nitrogen and oxygen atoms in total. The second kappa shape index (κ2) is 7.93. The minimum atomic E-state index is 0.0772. The van der Waals surface area contributed by atoms with Crippen LogP contribution >= 0.6 is 0 Å². The number of hydrogen-bond acceptors (Lipinski definition) is 3. The summed E-state index contributed by atoms with van der Waals surface area (Å²) in [6.45, 7) is 4.25. The van der Waals surface area contributed by atoms with E-state index in [-0.39, 0.29) is 16.1 Å². The van der Waals surface area contributed by atoms with E-state index in [2.05, 4.69) is 109 Å². The van der Waals surface area contributed by atoms with Crippen molar-refractivity contribution in [1.29, 1.82) is 0 Å². The Morgan fingerprint density at radius 3 is 1.41 bits per heavy atom. The third kappa shape index (κ3) is 5.07. The Hall–Kier alpha value is -2.16. The van der Waals surface area contributed by atoms with Crippen LogP contribution in [0.3, 0.4) is 0 Å². The third-order valence-corrected chi connectivity index (χ3v) is 5.14. The molecule has 0 aliphatic heterocycles. The van der Waals surface area contributed by atoms with Gasteiger partial charge < -0.3 is 0 Å². The fourth-order valence-corrected chi connectivity index (χ4v) is 3.16. The lowest BCUT2D eigenvalue weighted by molar-refractivity contribution is 0.766. The molecular weight excluding hydrogens is 347 g/mol. The summed E-state index contributed by atoms with van der Waals surface area (Å²) >= 11 is 0. The minimum Gasteiger partial charge on any atom is -0.213 e. The van der Waals surface area contributed by atoms with Crippen molar-refractivity contribution in [1.82, 2.24) is 15.0 Å². The van der Waals surface area contributed by atoms with E-state index in [1.54, 1.807) is 0 Å². The van der Waals surface area contributed by atoms with Gasteiger partial charge in [-0.2, -0.15) is 0 Å². The van der Waals surface area contributed by atoms with Gasteiger partial charge in [-0.1, -0.05) is 71.6 Å². The lowest BCUT2D eigenvalue weighted by Gasteiger charge is -2.20. The maximum absolute atomic E-state index is 4.88. The van der Waals surface area contributed by atoms with Gasteiger partial charge in [0.2, 0.25) is 0 Å². The van der Waals surface area contributed by atoms with Crippen LogP contribution in [-0.4, -0.2) is 62.0 Å². The molecule has 0 N–H and O–H groups in total. The van der Waals surface area contributed by atoms with Crippen LogP contribution in [0.15, 0.2) is 48.5 Å². The minimum absolute atomic E-state index is 0.0772. The maximum Gasteiger partial charge on any atom is 0.163 e. The summed E-state index contributed by atoms with van der Waals surface area (Å²) in [4.78, 5) is 14.5. The van der Waals surface area contributed by atoms with E-state index < -0.39 is 0 Å². The zero-order valence-electron chi connectivity index (χ0n) is 19.0. The van der Waals surface area contributed by atoms with E-state index in [0.717, 1.165) is 28.6 Å². The molecule has 1 aromatic heterocycles. The van der Waals surface area contributed by atoms with Crippen molar-refractivity contribution in [2.75, 3.05) is 0 Å². The van der Waals surface area contributed by atoms with Crippen LogP contribution in [0, 0.1) is 0 Å². The van der Waals surface area contributed by atoms with Crippen molar-refractivity contribution in [2.24, 2.45) is 0 Å². The summed E-state index contributed by atoms with van der Waals surface area (Å²) in [6, 6.07) is 17.1. The Kier molecular flexibility index (Phi) is 5.89. The molecule has 0 unspecified atom stereocenters. The number of rotatable bonds is 5. The summed E-state index contributed by atoms with van der Waals surface area (Å²) in [7, 11) is 13.3. The standard InChI is InChI=1S/C20H27B6N3/c1-11(2)16-27-17(12-5-3-7-14(9-12)19(21,22)23)29-18(28-16)13-6-4-8-15(10-13)20(24,25)26/h3-11H,21-26H2,1-2H3. The molecule has 0 fully saturated rings. The molecule has 0 radical (unpaired) electrons. The average molecular weight is 374 g/mol. The Bertz CT molecular complexity index is 949. The SMILES string of the molecule is BC(B)(B)c1cccc(-c2nc(-c3cccc(C(B)(B)B)c3)nc(C(C)C)n2)c1. The van der Waals surface area contributed by atoms with E-state index in [9.17, 15) is 0 Å². The fraction of sp³-hybridized carbons (Fsp3) is 0.250. The van der Waals surface area contributed by atoms with Gasteiger partial charge >= 0.3 is 0 Å². The monoisotopic (exact) mass is 375 g/mol. The molecule has 29 heavy (non-hydrogen) atoms. The number of aromatic nitrogens is 3. The molecule has 0 bridgehead atoms. The van der Waals surface area contributed by atoms with Crippen molar-refractivity contribution < 1.29 is 0 Å². The molecule has 0 amide bonds. The molecule has 0 atom stereocenters. The summed E-state index contributed by atoms with van der Waals surface area (Å²) < 4.78 is 0. The van der Waals surface area contributed by atoms with Crippen LogP contribution in [0.5, 0.6) is 0 Å². The Balaban J connectivity index is 2.16. The Morgan fingerprint density at radius 1 is 0.655 bits per heavy atom. The lowest BCUT2D eigenvalue weighted by Crippen LogP contribution is -2.26. The van der Waals surface area contributed by atoms with E-state index in [1.807, 2.05) is 0 Å². The smallest absolute Gasteiger partial charge is 0.163 e. The molecule has 3 rings (SSSR count). The first-order valence-corrected chi connectivity index (χ1v) is 10.4. The van der Waals surface area contributed by atoms with Crippen molar-refractivity contribution in [3.63, 3.8) is 0 Å². The fourth-order valence-electron chi connectivity index (χ4n) is 3.16. The van der Waals surface area contributed by atoms with Gasteiger partial charge in [0, 0.05) is 17.0 Å². The number of benzene rings is 2. The highest BCUT2D eigenvalue weighted by Gasteiger charge is 2.19. The molecular formula is C20H27B6N3. The van der Waals surface area contributed by atoms with Gasteiger partial charge in [-0.25, -0.2) is 15.0 Å². The predicted molar refractivity (Wildman–Crippen MR) is 139 cm³/mol. The van der Waals surface area contributed by atoms with Crippen LogP contribution in [0.2, 0.25) is 0 Å². The Morgan fingerprint density at radius 2 is 1.07 bits per heavy atom. The van der Waals surface area contributed by atoms with Crippen molar-refractivity contribution >= 4 is 47.1 Å². The van der Waals surface area contributed by atoms with Gasteiger partial charge in [-0.3, -0.25) is 0 Å². The van der Waals surface area contributed by atoms with Crippen LogP contribution in [-0.2, 0) is 10.2 Å². The van der Waals surface area contributed by atoms with Gasteiger partial charge in [-0.05, 0) is 12.1 Å². The first-order chi connectivity index (χ1) is 13.4. The first-order valence-electron chi connectivity index (χ1n) is 10.4. The quantitative estimate of drug-likeness (QED) is 0.503. The largest absolute Gasteiger partial charge is 0.213 e. The molecule has 0 aliphatic carbocycles. The third-order valence-electron chi connectivity index (χ3n) is 5.14.